The molecule has 3 amide bonds. The van der Waals surface area contributed by atoms with Crippen molar-refractivity contribution >= 4 is 29.2 Å². The Morgan fingerprint density at radius 2 is 1.95 bits per heavy atom. The molecule has 3 aliphatic rings. The number of carbonyl (C=O) groups excluding carboxylic acids is 3. The van der Waals surface area contributed by atoms with E-state index in [1.54, 1.807) is 23.2 Å². The van der Waals surface area contributed by atoms with Crippen molar-refractivity contribution in [2.45, 2.75) is 51.0 Å². The standard InChI is InChI=1S/C31H31FN4O4/c1-30(2)11-10-24(18-7-9-25(40-3)23(32)14-18)36(29(30)39)17-26(37)34-21-8-6-19-15-31(16-20(19)13-21)22-5-4-12-33-27(22)35-28(31)38/h4-9,12-14,24H,10-11,15-17H2,1-3H3,(H,34,37)(H,33,35,38). The molecule has 8 nitrogen and oxygen atoms in total. The topological polar surface area (TPSA) is 101 Å². The number of fused-ring (bicyclic) bond motifs is 3. The lowest BCUT2D eigenvalue weighted by atomic mass is 9.78. The van der Waals surface area contributed by atoms with Crippen molar-refractivity contribution in [3.05, 3.63) is 82.8 Å². The van der Waals surface area contributed by atoms with Crippen molar-refractivity contribution in [3.63, 3.8) is 0 Å². The Kier molecular flexibility index (Phi) is 6.12. The number of nitrogens with one attached hydrogen (secondary N) is 2. The number of nitrogens with zero attached hydrogens (tertiary/aromatic N) is 2. The van der Waals surface area contributed by atoms with Crippen molar-refractivity contribution in [2.24, 2.45) is 5.41 Å². The summed E-state index contributed by atoms with van der Waals surface area (Å²) >= 11 is 0. The maximum absolute atomic E-state index is 14.5. The minimum Gasteiger partial charge on any atom is -0.494 e. The van der Waals surface area contributed by atoms with Crippen LogP contribution in [0.25, 0.3) is 0 Å². The second-order valence-corrected chi connectivity index (χ2v) is 11.6. The number of amides is 3. The van der Waals surface area contributed by atoms with Crippen LogP contribution in [0.2, 0.25) is 0 Å². The molecule has 2 N–H and O–H groups in total. The van der Waals surface area contributed by atoms with Crippen molar-refractivity contribution in [1.29, 1.82) is 0 Å². The Morgan fingerprint density at radius 1 is 1.15 bits per heavy atom. The zero-order valence-corrected chi connectivity index (χ0v) is 22.7. The Labute approximate surface area is 231 Å². The van der Waals surface area contributed by atoms with E-state index in [4.69, 9.17) is 4.74 Å². The van der Waals surface area contributed by atoms with Gasteiger partial charge in [0, 0.05) is 22.9 Å². The van der Waals surface area contributed by atoms with Crippen molar-refractivity contribution in [1.82, 2.24) is 9.88 Å². The summed E-state index contributed by atoms with van der Waals surface area (Å²) in [6.07, 6.45) is 3.98. The van der Waals surface area contributed by atoms with E-state index in [2.05, 4.69) is 15.6 Å². The molecular weight excluding hydrogens is 511 g/mol. The SMILES string of the molecule is COc1ccc(C2CCC(C)(C)C(=O)N2CC(=O)Nc2ccc3c(c2)CC2(C3)C(=O)Nc3ncccc32)cc1F. The van der Waals surface area contributed by atoms with E-state index < -0.39 is 22.7 Å². The average molecular weight is 543 g/mol. The number of anilines is 2. The molecule has 1 spiro atoms. The number of ether oxygens (including phenoxy) is 1. The molecule has 40 heavy (non-hydrogen) atoms. The molecule has 2 unspecified atom stereocenters. The van der Waals surface area contributed by atoms with Gasteiger partial charge in [0.15, 0.2) is 11.6 Å². The van der Waals surface area contributed by atoms with Crippen LogP contribution in [0.15, 0.2) is 54.7 Å². The molecule has 0 radical (unpaired) electrons. The van der Waals surface area contributed by atoms with Gasteiger partial charge in [-0.2, -0.15) is 0 Å². The summed E-state index contributed by atoms with van der Waals surface area (Å²) < 4.78 is 19.6. The molecule has 6 rings (SSSR count). The Morgan fingerprint density at radius 3 is 2.73 bits per heavy atom. The molecular formula is C31H31FN4O4. The van der Waals surface area contributed by atoms with E-state index in [-0.39, 0.29) is 30.0 Å². The quantitative estimate of drug-likeness (QED) is 0.493. The monoisotopic (exact) mass is 542 g/mol. The fraction of sp³-hybridized carbons (Fsp3) is 0.355. The van der Waals surface area contributed by atoms with Crippen LogP contribution in [0.4, 0.5) is 15.9 Å². The summed E-state index contributed by atoms with van der Waals surface area (Å²) in [5, 5.41) is 5.85. The number of likely N-dealkylation sites (tertiary alicyclic amines) is 1. The minimum atomic E-state index is -0.693. The van der Waals surface area contributed by atoms with E-state index in [1.165, 1.54) is 13.2 Å². The number of hydrogen-bond acceptors (Lipinski definition) is 5. The third-order valence-corrected chi connectivity index (χ3v) is 8.60. The number of benzene rings is 2. The first kappa shape index (κ1) is 26.0. The number of carbonyl (C=O) groups is 3. The van der Waals surface area contributed by atoms with E-state index in [9.17, 15) is 18.8 Å². The maximum atomic E-state index is 14.5. The van der Waals surface area contributed by atoms with Gasteiger partial charge in [0.1, 0.15) is 12.4 Å². The van der Waals surface area contributed by atoms with Crippen LogP contribution >= 0.6 is 0 Å². The van der Waals surface area contributed by atoms with Gasteiger partial charge in [0.2, 0.25) is 17.7 Å². The minimum absolute atomic E-state index is 0.0600. The summed E-state index contributed by atoms with van der Waals surface area (Å²) in [5.74, 6) is -0.323. The molecule has 0 bridgehead atoms. The van der Waals surface area contributed by atoms with Gasteiger partial charge >= 0.3 is 0 Å². The number of methoxy groups -OCH3 is 1. The lowest BCUT2D eigenvalue weighted by Crippen LogP contribution is -2.50. The van der Waals surface area contributed by atoms with Gasteiger partial charge in [-0.1, -0.05) is 32.0 Å². The molecule has 2 aromatic carbocycles. The van der Waals surface area contributed by atoms with Gasteiger partial charge in [-0.25, -0.2) is 9.37 Å². The zero-order chi connectivity index (χ0) is 28.2. The van der Waals surface area contributed by atoms with Gasteiger partial charge in [0.25, 0.3) is 0 Å². The van der Waals surface area contributed by atoms with Gasteiger partial charge in [-0.3, -0.25) is 14.4 Å². The summed E-state index contributed by atoms with van der Waals surface area (Å²) in [6.45, 7) is 3.57. The number of hydrogen-bond donors (Lipinski definition) is 2. The van der Waals surface area contributed by atoms with Crippen LogP contribution in [-0.4, -0.2) is 41.3 Å². The summed E-state index contributed by atoms with van der Waals surface area (Å²) in [5.41, 5.74) is 2.85. The number of halogens is 1. The molecule has 1 saturated heterocycles. The predicted molar refractivity (Wildman–Crippen MR) is 147 cm³/mol. The lowest BCUT2D eigenvalue weighted by Gasteiger charge is -2.43. The van der Waals surface area contributed by atoms with Crippen LogP contribution in [0.5, 0.6) is 5.75 Å². The number of rotatable bonds is 5. The van der Waals surface area contributed by atoms with Gasteiger partial charge in [-0.05, 0) is 72.7 Å². The van der Waals surface area contributed by atoms with Crippen LogP contribution in [0, 0.1) is 11.2 Å². The van der Waals surface area contributed by atoms with Crippen LogP contribution < -0.4 is 15.4 Å². The largest absolute Gasteiger partial charge is 0.494 e. The molecule has 1 fully saturated rings. The summed E-state index contributed by atoms with van der Waals surface area (Å²) in [7, 11) is 1.40. The van der Waals surface area contributed by atoms with Crippen molar-refractivity contribution in [2.75, 3.05) is 24.3 Å². The van der Waals surface area contributed by atoms with Crippen LogP contribution in [0.3, 0.4) is 0 Å². The first-order valence-electron chi connectivity index (χ1n) is 13.4. The molecule has 9 heteroatoms. The zero-order valence-electron chi connectivity index (χ0n) is 22.7. The van der Waals surface area contributed by atoms with Crippen molar-refractivity contribution in [3.8, 4) is 5.75 Å². The Bertz CT molecular complexity index is 1550. The smallest absolute Gasteiger partial charge is 0.244 e. The van der Waals surface area contributed by atoms with Gasteiger partial charge in [0.05, 0.1) is 18.6 Å². The average Bonchev–Trinajstić information content (AvgIpc) is 3.44. The highest BCUT2D eigenvalue weighted by Crippen LogP contribution is 2.47. The first-order chi connectivity index (χ1) is 19.1. The van der Waals surface area contributed by atoms with Crippen LogP contribution in [0.1, 0.15) is 55.0 Å². The highest BCUT2D eigenvalue weighted by atomic mass is 19.1. The van der Waals surface area contributed by atoms with Gasteiger partial charge < -0.3 is 20.3 Å². The third kappa shape index (κ3) is 4.20. The van der Waals surface area contributed by atoms with E-state index in [0.29, 0.717) is 42.8 Å². The predicted octanol–water partition coefficient (Wildman–Crippen LogP) is 4.55. The molecule has 206 valence electrons. The first-order valence-corrected chi connectivity index (χ1v) is 13.4. The molecule has 1 aliphatic carbocycles. The highest BCUT2D eigenvalue weighted by molar-refractivity contribution is 6.06. The molecule has 2 atom stereocenters. The van der Waals surface area contributed by atoms with Crippen LogP contribution in [-0.2, 0) is 32.6 Å². The number of aromatic nitrogens is 1. The second kappa shape index (κ2) is 9.43. The molecule has 3 aromatic rings. The third-order valence-electron chi connectivity index (χ3n) is 8.60. The van der Waals surface area contributed by atoms with Gasteiger partial charge in [-0.15, -0.1) is 0 Å². The van der Waals surface area contributed by atoms with E-state index in [1.807, 2.05) is 44.2 Å². The molecule has 3 heterocycles. The molecule has 0 saturated carbocycles. The fourth-order valence-electron chi connectivity index (χ4n) is 6.41. The second-order valence-electron chi connectivity index (χ2n) is 11.6. The molecule has 2 aliphatic heterocycles. The molecule has 1 aromatic heterocycles. The highest BCUT2D eigenvalue weighted by Gasteiger charge is 2.51. The Balaban J connectivity index is 1.21. The summed E-state index contributed by atoms with van der Waals surface area (Å²) in [4.78, 5) is 45.6. The van der Waals surface area contributed by atoms with E-state index >= 15 is 0 Å². The fourth-order valence-corrected chi connectivity index (χ4v) is 6.41. The number of pyridine rings is 1. The summed E-state index contributed by atoms with van der Waals surface area (Å²) in [6, 6.07) is 13.7. The van der Waals surface area contributed by atoms with E-state index in [0.717, 1.165) is 16.7 Å². The number of piperidine rings is 1. The van der Waals surface area contributed by atoms with Crippen molar-refractivity contribution < 1.29 is 23.5 Å². The maximum Gasteiger partial charge on any atom is 0.244 e. The normalized spacial score (nSPS) is 22.6. The Hall–Kier alpha value is -4.27. The lowest BCUT2D eigenvalue weighted by molar-refractivity contribution is -0.150.